The monoisotopic (exact) mass is 905 g/mol. The highest BCUT2D eigenvalue weighted by atomic mass is 16.6. The minimum Gasteiger partial charge on any atom is -0.491 e. The molecule has 5 aromatic rings. The van der Waals surface area contributed by atoms with Crippen LogP contribution in [0.1, 0.15) is 98.3 Å². The summed E-state index contributed by atoms with van der Waals surface area (Å²) in [5.74, 6) is -0.583. The molecule has 0 radical (unpaired) electrons. The summed E-state index contributed by atoms with van der Waals surface area (Å²) in [5.41, 5.74) is 2.47. The maximum Gasteiger partial charge on any atom is 0.310 e. The highest BCUT2D eigenvalue weighted by molar-refractivity contribution is 6.08. The predicted octanol–water partition coefficient (Wildman–Crippen LogP) is 9.02. The first-order valence-corrected chi connectivity index (χ1v) is 22.3. The second-order valence-corrected chi connectivity index (χ2v) is 17.6. The van der Waals surface area contributed by atoms with Gasteiger partial charge in [0.1, 0.15) is 18.1 Å². The Morgan fingerprint density at radius 3 is 1.80 bits per heavy atom. The van der Waals surface area contributed by atoms with Crippen molar-refractivity contribution in [2.45, 2.75) is 73.3 Å². The Bertz CT molecular complexity index is 2510. The van der Waals surface area contributed by atoms with Gasteiger partial charge in [0.25, 0.3) is 17.7 Å². The first kappa shape index (κ1) is 48.4. The third-order valence-electron chi connectivity index (χ3n) is 10.7. The number of hydrogen-bond acceptors (Lipinski definition) is 11. The number of amides is 4. The van der Waals surface area contributed by atoms with Gasteiger partial charge in [0, 0.05) is 52.8 Å². The average Bonchev–Trinajstić information content (AvgIpc) is 3.78. The van der Waals surface area contributed by atoms with Crippen molar-refractivity contribution in [3.05, 3.63) is 106 Å². The van der Waals surface area contributed by atoms with Gasteiger partial charge < -0.3 is 40.2 Å². The Hall–Kier alpha value is -7.01. The van der Waals surface area contributed by atoms with Gasteiger partial charge in [-0.2, -0.15) is 5.10 Å². The van der Waals surface area contributed by atoms with Crippen LogP contribution in [-0.4, -0.2) is 77.8 Å². The van der Waals surface area contributed by atoms with Crippen LogP contribution in [0.15, 0.2) is 79.0 Å². The number of fused-ring (bicyclic) bond motifs is 1. The highest BCUT2D eigenvalue weighted by Gasteiger charge is 2.28. The number of nitro groups is 1. The summed E-state index contributed by atoms with van der Waals surface area (Å²) in [5, 5.41) is 31.5. The van der Waals surface area contributed by atoms with Crippen LogP contribution in [0.4, 0.5) is 22.7 Å². The lowest BCUT2D eigenvalue weighted by atomic mass is 9.85. The summed E-state index contributed by atoms with van der Waals surface area (Å²) >= 11 is 0. The molecule has 0 atom stereocenters. The van der Waals surface area contributed by atoms with E-state index in [1.807, 2.05) is 59.7 Å². The van der Waals surface area contributed by atoms with Gasteiger partial charge in [-0.05, 0) is 92.0 Å². The zero-order chi connectivity index (χ0) is 47.3. The molecule has 4 amide bonds. The van der Waals surface area contributed by atoms with Crippen molar-refractivity contribution >= 4 is 57.3 Å². The van der Waals surface area contributed by atoms with Crippen molar-refractivity contribution in [2.75, 3.05) is 49.0 Å². The van der Waals surface area contributed by atoms with Crippen LogP contribution in [0.2, 0.25) is 0 Å². The Morgan fingerprint density at radius 1 is 0.667 bits per heavy atom. The number of aromatic amines is 1. The fourth-order valence-corrected chi connectivity index (χ4v) is 7.20. The van der Waals surface area contributed by atoms with Crippen molar-refractivity contribution in [1.29, 1.82) is 0 Å². The molecule has 66 heavy (non-hydrogen) atoms. The van der Waals surface area contributed by atoms with Crippen molar-refractivity contribution in [1.82, 2.24) is 15.5 Å². The van der Waals surface area contributed by atoms with Gasteiger partial charge >= 0.3 is 5.69 Å². The Balaban J connectivity index is 1.11. The number of H-pyrrole nitrogens is 1. The molecular formula is C49H59N7O10. The normalized spacial score (nSPS) is 14.8. The molecule has 1 heterocycles. The molecule has 17 nitrogen and oxygen atoms in total. The molecule has 1 saturated carbocycles. The first-order chi connectivity index (χ1) is 31.6. The van der Waals surface area contributed by atoms with Crippen LogP contribution in [0, 0.1) is 33.8 Å². The van der Waals surface area contributed by atoms with Crippen LogP contribution in [-0.2, 0) is 9.53 Å². The lowest BCUT2D eigenvalue weighted by Crippen LogP contribution is -2.39. The smallest absolute Gasteiger partial charge is 0.310 e. The average molecular weight is 906 g/mol. The molecule has 17 heteroatoms. The molecule has 5 N–H and O–H groups in total. The van der Waals surface area contributed by atoms with E-state index in [1.165, 1.54) is 30.3 Å². The maximum absolute atomic E-state index is 13.8. The fourth-order valence-electron chi connectivity index (χ4n) is 7.20. The van der Waals surface area contributed by atoms with E-state index >= 15 is 0 Å². The van der Waals surface area contributed by atoms with E-state index in [2.05, 4.69) is 31.5 Å². The second-order valence-electron chi connectivity index (χ2n) is 17.6. The van der Waals surface area contributed by atoms with E-state index in [0.29, 0.717) is 67.5 Å². The minimum absolute atomic E-state index is 0.0534. The number of benzene rings is 4. The molecule has 0 saturated heterocycles. The van der Waals surface area contributed by atoms with Gasteiger partial charge in [0.2, 0.25) is 5.91 Å². The molecule has 0 spiro atoms. The summed E-state index contributed by atoms with van der Waals surface area (Å²) < 4.78 is 23.4. The molecule has 1 fully saturated rings. The highest BCUT2D eigenvalue weighted by Crippen LogP contribution is 2.33. The number of nitrogens with zero attached hydrogens (tertiary/aromatic N) is 2. The summed E-state index contributed by atoms with van der Waals surface area (Å²) in [6, 6.07) is 18.8. The van der Waals surface area contributed by atoms with Crippen LogP contribution in [0.3, 0.4) is 0 Å². The first-order valence-electron chi connectivity index (χ1n) is 22.3. The fraction of sp³-hybridized carbons (Fsp3) is 0.408. The predicted molar refractivity (Wildman–Crippen MR) is 252 cm³/mol. The van der Waals surface area contributed by atoms with Crippen LogP contribution in [0.5, 0.6) is 17.2 Å². The number of nitrogens with one attached hydrogen (secondary N) is 5. The molecule has 1 aromatic heterocycles. The van der Waals surface area contributed by atoms with Gasteiger partial charge in [-0.1, -0.05) is 53.7 Å². The zero-order valence-electron chi connectivity index (χ0n) is 38.2. The molecule has 1 aliphatic carbocycles. The molecule has 0 bridgehead atoms. The molecule has 1 aliphatic rings. The van der Waals surface area contributed by atoms with E-state index in [4.69, 9.17) is 18.9 Å². The summed E-state index contributed by atoms with van der Waals surface area (Å²) in [6.45, 7) is 13.3. The third-order valence-corrected chi connectivity index (χ3v) is 10.7. The van der Waals surface area contributed by atoms with E-state index < -0.39 is 16.7 Å². The number of nitro benzene ring substituents is 1. The second kappa shape index (κ2) is 22.7. The van der Waals surface area contributed by atoms with Crippen molar-refractivity contribution < 1.29 is 43.0 Å². The van der Waals surface area contributed by atoms with E-state index in [9.17, 15) is 29.3 Å². The topological polar surface area (TPSA) is 225 Å². The molecular weight excluding hydrogens is 847 g/mol. The molecule has 6 rings (SSSR count). The third kappa shape index (κ3) is 13.3. The minimum atomic E-state index is -0.581. The maximum atomic E-state index is 13.8. The number of anilines is 3. The quantitative estimate of drug-likeness (QED) is 0.0265. The van der Waals surface area contributed by atoms with Gasteiger partial charge in [-0.15, -0.1) is 0 Å². The number of para-hydroxylation sites is 1. The standard InChI is InChI=1S/C49H59N7O10/c1-29(2)26-63-20-21-64-44-24-35(14-19-41(44)56(61)62)49(60)53-39-18-13-34(23-43(39)66-28-31(5)6)48(59)52-38-17-12-33(22-42(38)65-27-30(3)4)47(58)51-37-15-10-32(11-16-37)46(57)54-40-9-7-8-36-25-50-55-45(36)40/h7-9,12-14,17-19,22-25,29-32,37H,10-11,15-16,20-21,26-28H2,1-6H3,(H,50,55)(H,51,58)(H,52,59)(H,53,60)(H,54,57). The summed E-state index contributed by atoms with van der Waals surface area (Å²) in [7, 11) is 0. The van der Waals surface area contributed by atoms with E-state index in [0.717, 1.165) is 10.9 Å². The lowest BCUT2D eigenvalue weighted by molar-refractivity contribution is -0.385. The van der Waals surface area contributed by atoms with Crippen LogP contribution < -0.4 is 35.5 Å². The largest absolute Gasteiger partial charge is 0.491 e. The van der Waals surface area contributed by atoms with E-state index in [1.54, 1.807) is 30.5 Å². The number of rotatable bonds is 21. The summed E-state index contributed by atoms with van der Waals surface area (Å²) in [4.78, 5) is 65.3. The Morgan fingerprint density at radius 2 is 1.23 bits per heavy atom. The van der Waals surface area contributed by atoms with Gasteiger partial charge in [0.05, 0.1) is 53.5 Å². The van der Waals surface area contributed by atoms with Gasteiger partial charge in [0.15, 0.2) is 5.75 Å². The molecule has 0 aliphatic heterocycles. The number of hydrogen-bond donors (Lipinski definition) is 5. The van der Waals surface area contributed by atoms with Crippen LogP contribution >= 0.6 is 0 Å². The number of aromatic nitrogens is 2. The van der Waals surface area contributed by atoms with Gasteiger partial charge in [-0.3, -0.25) is 34.4 Å². The van der Waals surface area contributed by atoms with Crippen molar-refractivity contribution in [3.63, 3.8) is 0 Å². The van der Waals surface area contributed by atoms with E-state index in [-0.39, 0.29) is 89.4 Å². The Labute approximate surface area is 383 Å². The SMILES string of the molecule is CC(C)COCCOc1cc(C(=O)Nc2ccc(C(=O)Nc3ccc(C(=O)NC4CCC(C(=O)Nc5cccc6cn[nH]c56)CC4)cc3OCC(C)C)cc2OCC(C)C)ccc1[N+](=O)[O-]. The number of carbonyl (C=O) groups is 4. The lowest BCUT2D eigenvalue weighted by Gasteiger charge is -2.28. The van der Waals surface area contributed by atoms with Crippen LogP contribution in [0.25, 0.3) is 10.9 Å². The van der Waals surface area contributed by atoms with Crippen molar-refractivity contribution in [2.24, 2.45) is 23.7 Å². The number of ether oxygens (including phenoxy) is 4. The molecule has 4 aromatic carbocycles. The molecule has 0 unspecified atom stereocenters. The molecule has 350 valence electrons. The van der Waals surface area contributed by atoms with Gasteiger partial charge in [-0.25, -0.2) is 0 Å². The Kier molecular flexibility index (Phi) is 16.7. The zero-order valence-corrected chi connectivity index (χ0v) is 38.2. The number of carbonyl (C=O) groups excluding carboxylic acids is 4. The summed E-state index contributed by atoms with van der Waals surface area (Å²) in [6.07, 6.45) is 4.22. The van der Waals surface area contributed by atoms with Crippen molar-refractivity contribution in [3.8, 4) is 17.2 Å².